The Morgan fingerprint density at radius 3 is 2.53 bits per heavy atom. The molecule has 8 nitrogen and oxygen atoms in total. The number of fused-ring (bicyclic) bond motifs is 2. The molecule has 1 heterocycles. The van der Waals surface area contributed by atoms with Crippen LogP contribution in [-0.4, -0.2) is 34.9 Å². The van der Waals surface area contributed by atoms with Crippen molar-refractivity contribution < 1.29 is 29.0 Å². The molecule has 1 aliphatic carbocycles. The monoisotopic (exact) mass is 431 g/mol. The Labute approximate surface area is 181 Å². The highest BCUT2D eigenvalue weighted by atomic mass is 16.4. The standard InChI is InChI=1S/C24H17NO7/c26-9-1-8-25-23(29)13-2-5-16(19(10-13)24(30)31)22-17-6-3-14(27)11-20(17)32-21-12-15(28)4-7-18(21)22/h2-7,9-12,27H,1,8H2,(H,25,29)(H,30,31). The molecule has 0 unspecified atom stereocenters. The summed E-state index contributed by atoms with van der Waals surface area (Å²) < 4.78 is 5.79. The summed E-state index contributed by atoms with van der Waals surface area (Å²) in [6.45, 7) is 0.142. The molecule has 4 rings (SSSR count). The van der Waals surface area contributed by atoms with Crippen molar-refractivity contribution in [1.82, 2.24) is 5.32 Å². The van der Waals surface area contributed by atoms with Gasteiger partial charge in [-0.05, 0) is 42.0 Å². The number of hydrogen-bond acceptors (Lipinski definition) is 6. The van der Waals surface area contributed by atoms with Crippen LogP contribution in [0.4, 0.5) is 0 Å². The number of phenolic OH excluding ortho intramolecular Hbond substituents is 1. The minimum atomic E-state index is -1.25. The van der Waals surface area contributed by atoms with E-state index in [0.29, 0.717) is 28.4 Å². The first kappa shape index (κ1) is 20.8. The van der Waals surface area contributed by atoms with Gasteiger partial charge in [0.1, 0.15) is 23.4 Å². The predicted octanol–water partition coefficient (Wildman–Crippen LogP) is 3.29. The average Bonchev–Trinajstić information content (AvgIpc) is 2.77. The van der Waals surface area contributed by atoms with E-state index in [1.54, 1.807) is 12.1 Å². The third kappa shape index (κ3) is 3.81. The Morgan fingerprint density at radius 1 is 1.00 bits per heavy atom. The number of carboxylic acid groups (broad SMARTS) is 1. The second kappa shape index (κ2) is 8.35. The molecular weight excluding hydrogens is 414 g/mol. The van der Waals surface area contributed by atoms with Crippen LogP contribution < -0.4 is 10.7 Å². The molecule has 160 valence electrons. The van der Waals surface area contributed by atoms with Gasteiger partial charge in [0.25, 0.3) is 5.91 Å². The SMILES string of the molecule is O=CCCNC(=O)c1ccc(-c2c3ccc(=O)cc-3oc3cc(O)ccc23)c(C(=O)O)c1. The van der Waals surface area contributed by atoms with Crippen molar-refractivity contribution in [3.8, 4) is 28.2 Å². The van der Waals surface area contributed by atoms with E-state index in [2.05, 4.69) is 5.32 Å². The third-order valence-electron chi connectivity index (χ3n) is 5.01. The van der Waals surface area contributed by atoms with E-state index in [0.717, 1.165) is 0 Å². The third-order valence-corrected chi connectivity index (χ3v) is 5.01. The molecule has 0 fully saturated rings. The molecular formula is C24H17NO7. The van der Waals surface area contributed by atoms with Crippen LogP contribution in [0.5, 0.6) is 5.75 Å². The second-order valence-corrected chi connectivity index (χ2v) is 7.09. The molecule has 0 atom stereocenters. The number of aromatic carboxylic acids is 1. The van der Waals surface area contributed by atoms with Gasteiger partial charge in [0.15, 0.2) is 5.43 Å². The van der Waals surface area contributed by atoms with Crippen molar-refractivity contribution in [2.45, 2.75) is 6.42 Å². The largest absolute Gasteiger partial charge is 0.508 e. The Hall–Kier alpha value is -4.46. The zero-order valence-corrected chi connectivity index (χ0v) is 16.6. The van der Waals surface area contributed by atoms with Gasteiger partial charge in [-0.3, -0.25) is 9.59 Å². The van der Waals surface area contributed by atoms with E-state index in [9.17, 15) is 29.4 Å². The fraction of sp³-hybridized carbons (Fsp3) is 0.0833. The van der Waals surface area contributed by atoms with Crippen molar-refractivity contribution >= 4 is 29.1 Å². The number of aromatic hydroxyl groups is 1. The van der Waals surface area contributed by atoms with E-state index < -0.39 is 11.9 Å². The van der Waals surface area contributed by atoms with E-state index in [1.165, 1.54) is 42.5 Å². The number of rotatable bonds is 6. The second-order valence-electron chi connectivity index (χ2n) is 7.09. The molecule has 8 heteroatoms. The number of carbonyl (C=O) groups is 3. The lowest BCUT2D eigenvalue weighted by atomic mass is 9.90. The van der Waals surface area contributed by atoms with E-state index in [4.69, 9.17) is 4.42 Å². The summed E-state index contributed by atoms with van der Waals surface area (Å²) in [5, 5.41) is 22.8. The first-order valence-corrected chi connectivity index (χ1v) is 9.68. The zero-order valence-electron chi connectivity index (χ0n) is 16.6. The molecule has 0 radical (unpaired) electrons. The highest BCUT2D eigenvalue weighted by Crippen LogP contribution is 2.42. The summed E-state index contributed by atoms with van der Waals surface area (Å²) in [7, 11) is 0. The average molecular weight is 431 g/mol. The van der Waals surface area contributed by atoms with Crippen LogP contribution in [-0.2, 0) is 4.79 Å². The van der Waals surface area contributed by atoms with Crippen molar-refractivity contribution in [3.63, 3.8) is 0 Å². The molecule has 0 saturated heterocycles. The van der Waals surface area contributed by atoms with Gasteiger partial charge in [0.05, 0.1) is 5.56 Å². The lowest BCUT2D eigenvalue weighted by molar-refractivity contribution is -0.107. The van der Waals surface area contributed by atoms with Gasteiger partial charge in [-0.25, -0.2) is 4.79 Å². The lowest BCUT2D eigenvalue weighted by Crippen LogP contribution is -2.25. The van der Waals surface area contributed by atoms with Gasteiger partial charge in [0.2, 0.25) is 0 Å². The minimum absolute atomic E-state index is 0.0503. The number of nitrogens with one attached hydrogen (secondary N) is 1. The van der Waals surface area contributed by atoms with Crippen molar-refractivity contribution in [1.29, 1.82) is 0 Å². The van der Waals surface area contributed by atoms with Crippen LogP contribution in [0, 0.1) is 0 Å². The van der Waals surface area contributed by atoms with Crippen molar-refractivity contribution in [2.24, 2.45) is 0 Å². The quantitative estimate of drug-likeness (QED) is 0.242. The van der Waals surface area contributed by atoms with E-state index in [-0.39, 0.29) is 46.6 Å². The van der Waals surface area contributed by atoms with Crippen LogP contribution in [0.25, 0.3) is 33.4 Å². The zero-order chi connectivity index (χ0) is 22.8. The van der Waals surface area contributed by atoms with Gasteiger partial charge < -0.3 is 24.7 Å². The fourth-order valence-corrected chi connectivity index (χ4v) is 3.58. The summed E-state index contributed by atoms with van der Waals surface area (Å²) in [6.07, 6.45) is 0.823. The van der Waals surface area contributed by atoms with Crippen molar-refractivity contribution in [3.05, 3.63) is 75.9 Å². The van der Waals surface area contributed by atoms with Crippen LogP contribution in [0.2, 0.25) is 0 Å². The number of benzene rings is 3. The Kier molecular flexibility index (Phi) is 5.43. The number of carbonyl (C=O) groups excluding carboxylic acids is 2. The molecule has 0 bridgehead atoms. The first-order valence-electron chi connectivity index (χ1n) is 9.68. The molecule has 1 aliphatic heterocycles. The summed E-state index contributed by atoms with van der Waals surface area (Å²) in [5.41, 5.74) is 1.31. The van der Waals surface area contributed by atoms with Gasteiger partial charge >= 0.3 is 5.97 Å². The van der Waals surface area contributed by atoms with Crippen LogP contribution in [0.1, 0.15) is 27.1 Å². The molecule has 1 amide bonds. The van der Waals surface area contributed by atoms with E-state index >= 15 is 0 Å². The number of hydrogen-bond donors (Lipinski definition) is 3. The van der Waals surface area contributed by atoms with Crippen LogP contribution >= 0.6 is 0 Å². The molecule has 0 aromatic heterocycles. The topological polar surface area (TPSA) is 134 Å². The summed E-state index contributed by atoms with van der Waals surface area (Å²) >= 11 is 0. The highest BCUT2D eigenvalue weighted by molar-refractivity contribution is 6.09. The predicted molar refractivity (Wildman–Crippen MR) is 116 cm³/mol. The first-order chi connectivity index (χ1) is 15.4. The Bertz CT molecular complexity index is 1400. The number of aldehydes is 1. The molecule has 2 aromatic carbocycles. The molecule has 32 heavy (non-hydrogen) atoms. The van der Waals surface area contributed by atoms with Gasteiger partial charge in [-0.1, -0.05) is 6.07 Å². The molecule has 0 saturated carbocycles. The number of phenols is 1. The molecule has 0 spiro atoms. The summed E-state index contributed by atoms with van der Waals surface area (Å²) in [6, 6.07) is 12.9. The van der Waals surface area contributed by atoms with E-state index in [1.807, 2.05) is 0 Å². The fourth-order valence-electron chi connectivity index (χ4n) is 3.58. The maximum atomic E-state index is 12.3. The maximum absolute atomic E-state index is 12.3. The summed E-state index contributed by atoms with van der Waals surface area (Å²) in [5.74, 6) is -1.56. The van der Waals surface area contributed by atoms with Gasteiger partial charge in [-0.15, -0.1) is 0 Å². The number of amides is 1. The summed E-state index contributed by atoms with van der Waals surface area (Å²) in [4.78, 5) is 46.8. The molecule has 2 aliphatic rings. The smallest absolute Gasteiger partial charge is 0.336 e. The molecule has 2 aromatic rings. The number of carboxylic acids is 1. The Morgan fingerprint density at radius 2 is 1.78 bits per heavy atom. The highest BCUT2D eigenvalue weighted by Gasteiger charge is 2.23. The molecule has 3 N–H and O–H groups in total. The minimum Gasteiger partial charge on any atom is -0.508 e. The normalized spacial score (nSPS) is 10.9. The van der Waals surface area contributed by atoms with Gasteiger partial charge in [0, 0.05) is 47.2 Å². The Balaban J connectivity index is 1.97. The van der Waals surface area contributed by atoms with Crippen LogP contribution in [0.15, 0.2) is 63.8 Å². The lowest BCUT2D eigenvalue weighted by Gasteiger charge is -2.17. The van der Waals surface area contributed by atoms with Gasteiger partial charge in [-0.2, -0.15) is 0 Å². The van der Waals surface area contributed by atoms with Crippen LogP contribution in [0.3, 0.4) is 0 Å². The maximum Gasteiger partial charge on any atom is 0.336 e. The van der Waals surface area contributed by atoms with Crippen molar-refractivity contribution in [2.75, 3.05) is 6.54 Å².